The maximum absolute atomic E-state index is 12.8. The summed E-state index contributed by atoms with van der Waals surface area (Å²) < 4.78 is 27.2. The maximum atomic E-state index is 12.8. The quantitative estimate of drug-likeness (QED) is 0.813. The molecule has 1 fully saturated rings. The van der Waals surface area contributed by atoms with Gasteiger partial charge in [0.05, 0.1) is 4.90 Å². The number of hydrogen-bond donors (Lipinski definition) is 0. The predicted octanol–water partition coefficient (Wildman–Crippen LogP) is 4.37. The van der Waals surface area contributed by atoms with Crippen LogP contribution < -0.4 is 0 Å². The highest BCUT2D eigenvalue weighted by molar-refractivity contribution is 7.89. The van der Waals surface area contributed by atoms with Crippen molar-refractivity contribution in [2.45, 2.75) is 18.7 Å². The van der Waals surface area contributed by atoms with Crippen molar-refractivity contribution >= 4 is 27.7 Å². The SMILES string of the molecule is Cc1ccc(S(=O)(=O)N2C/C(=C\c3ccc(Cl)cc3)C(C)C2)cc1. The van der Waals surface area contributed by atoms with Gasteiger partial charge in [0.15, 0.2) is 0 Å². The number of rotatable bonds is 3. The number of benzene rings is 2. The summed E-state index contributed by atoms with van der Waals surface area (Å²) in [7, 11) is -3.45. The summed E-state index contributed by atoms with van der Waals surface area (Å²) in [5.74, 6) is 0.195. The Kier molecular flexibility index (Phi) is 4.81. The van der Waals surface area contributed by atoms with Gasteiger partial charge in [0, 0.05) is 18.1 Å². The summed E-state index contributed by atoms with van der Waals surface area (Å²) in [6.07, 6.45) is 2.06. The first kappa shape index (κ1) is 17.2. The van der Waals surface area contributed by atoms with Crippen molar-refractivity contribution in [3.8, 4) is 0 Å². The van der Waals surface area contributed by atoms with E-state index in [1.54, 1.807) is 16.4 Å². The molecule has 1 atom stereocenters. The molecule has 1 aliphatic rings. The van der Waals surface area contributed by atoms with Crippen molar-refractivity contribution in [3.05, 3.63) is 70.3 Å². The molecule has 0 aliphatic carbocycles. The molecule has 3 rings (SSSR count). The Labute approximate surface area is 148 Å². The second-order valence-corrected chi connectivity index (χ2v) is 8.66. The lowest BCUT2D eigenvalue weighted by Gasteiger charge is -2.15. The minimum absolute atomic E-state index is 0.195. The number of sulfonamides is 1. The van der Waals surface area contributed by atoms with E-state index in [-0.39, 0.29) is 5.92 Å². The average molecular weight is 362 g/mol. The molecule has 126 valence electrons. The molecular formula is C19H20ClNO2S. The number of aryl methyl sites for hydroxylation is 1. The molecule has 1 aliphatic heterocycles. The summed E-state index contributed by atoms with van der Waals surface area (Å²) in [6, 6.07) is 14.6. The molecule has 1 heterocycles. The van der Waals surface area contributed by atoms with Crippen LogP contribution >= 0.6 is 11.6 Å². The first-order valence-corrected chi connectivity index (χ1v) is 9.71. The third-order valence-electron chi connectivity index (χ3n) is 4.35. The average Bonchev–Trinajstić information content (AvgIpc) is 2.92. The number of nitrogens with zero attached hydrogens (tertiary/aromatic N) is 1. The van der Waals surface area contributed by atoms with E-state index in [0.717, 1.165) is 16.7 Å². The van der Waals surface area contributed by atoms with Gasteiger partial charge in [-0.15, -0.1) is 0 Å². The lowest BCUT2D eigenvalue weighted by Crippen LogP contribution is -2.28. The minimum Gasteiger partial charge on any atom is -0.207 e. The van der Waals surface area contributed by atoms with E-state index in [2.05, 4.69) is 13.0 Å². The van der Waals surface area contributed by atoms with Crippen LogP contribution in [0.15, 0.2) is 59.0 Å². The Morgan fingerprint density at radius 2 is 1.71 bits per heavy atom. The first-order valence-electron chi connectivity index (χ1n) is 7.89. The molecule has 0 aromatic heterocycles. The van der Waals surface area contributed by atoms with Crippen LogP contribution in [0.1, 0.15) is 18.1 Å². The molecule has 24 heavy (non-hydrogen) atoms. The van der Waals surface area contributed by atoms with Gasteiger partial charge in [-0.25, -0.2) is 8.42 Å². The fourth-order valence-electron chi connectivity index (χ4n) is 2.85. The van der Waals surface area contributed by atoms with E-state index >= 15 is 0 Å². The van der Waals surface area contributed by atoms with E-state index in [4.69, 9.17) is 11.6 Å². The predicted molar refractivity (Wildman–Crippen MR) is 98.5 cm³/mol. The highest BCUT2D eigenvalue weighted by Gasteiger charge is 2.33. The zero-order valence-electron chi connectivity index (χ0n) is 13.7. The fourth-order valence-corrected chi connectivity index (χ4v) is 4.49. The molecule has 3 nitrogen and oxygen atoms in total. The molecule has 0 amide bonds. The Hall–Kier alpha value is -1.62. The van der Waals surface area contributed by atoms with Gasteiger partial charge in [0.2, 0.25) is 10.0 Å². The van der Waals surface area contributed by atoms with E-state index in [9.17, 15) is 8.42 Å². The second kappa shape index (κ2) is 6.71. The molecular weight excluding hydrogens is 342 g/mol. The molecule has 0 radical (unpaired) electrons. The Morgan fingerprint density at radius 3 is 2.33 bits per heavy atom. The molecule has 1 unspecified atom stereocenters. The summed E-state index contributed by atoms with van der Waals surface area (Å²) in [6.45, 7) is 4.95. The molecule has 0 N–H and O–H groups in total. The summed E-state index contributed by atoms with van der Waals surface area (Å²) >= 11 is 5.91. The van der Waals surface area contributed by atoms with E-state index in [1.807, 2.05) is 43.3 Å². The van der Waals surface area contributed by atoms with Crippen LogP contribution in [0.4, 0.5) is 0 Å². The zero-order valence-corrected chi connectivity index (χ0v) is 15.3. The zero-order chi connectivity index (χ0) is 17.3. The minimum atomic E-state index is -3.45. The van der Waals surface area contributed by atoms with Crippen LogP contribution in [-0.4, -0.2) is 25.8 Å². The van der Waals surface area contributed by atoms with Crippen LogP contribution in [0, 0.1) is 12.8 Å². The van der Waals surface area contributed by atoms with E-state index in [1.165, 1.54) is 0 Å². The van der Waals surface area contributed by atoms with Gasteiger partial charge in [-0.3, -0.25) is 0 Å². The standard InChI is InChI=1S/C19H20ClNO2S/c1-14-3-9-19(10-4-14)24(22,23)21-12-15(2)17(13-21)11-16-5-7-18(20)8-6-16/h3-11,15H,12-13H2,1-2H3/b17-11+. The molecule has 1 saturated heterocycles. The van der Waals surface area contributed by atoms with Gasteiger partial charge < -0.3 is 0 Å². The van der Waals surface area contributed by atoms with Gasteiger partial charge in [0.1, 0.15) is 0 Å². The molecule has 5 heteroatoms. The van der Waals surface area contributed by atoms with Crippen molar-refractivity contribution in [3.63, 3.8) is 0 Å². The summed E-state index contributed by atoms with van der Waals surface area (Å²) in [5, 5.41) is 0.695. The molecule has 2 aromatic carbocycles. The molecule has 0 bridgehead atoms. The summed E-state index contributed by atoms with van der Waals surface area (Å²) in [4.78, 5) is 0.355. The Morgan fingerprint density at radius 1 is 1.08 bits per heavy atom. The van der Waals surface area contributed by atoms with Crippen LogP contribution in [-0.2, 0) is 10.0 Å². The Balaban J connectivity index is 1.84. The third-order valence-corrected chi connectivity index (χ3v) is 6.43. The molecule has 0 saturated carbocycles. The highest BCUT2D eigenvalue weighted by atomic mass is 35.5. The van der Waals surface area contributed by atoms with E-state index in [0.29, 0.717) is 23.0 Å². The fraction of sp³-hybridized carbons (Fsp3) is 0.263. The topological polar surface area (TPSA) is 37.4 Å². The van der Waals surface area contributed by atoms with Crippen LogP contribution in [0.2, 0.25) is 5.02 Å². The molecule has 2 aromatic rings. The van der Waals surface area contributed by atoms with Gasteiger partial charge in [-0.2, -0.15) is 4.31 Å². The lowest BCUT2D eigenvalue weighted by molar-refractivity contribution is 0.464. The van der Waals surface area contributed by atoms with Crippen molar-refractivity contribution in [1.82, 2.24) is 4.31 Å². The van der Waals surface area contributed by atoms with Crippen molar-refractivity contribution < 1.29 is 8.42 Å². The smallest absolute Gasteiger partial charge is 0.207 e. The normalized spacial score (nSPS) is 20.6. The third kappa shape index (κ3) is 3.56. The van der Waals surface area contributed by atoms with Crippen molar-refractivity contribution in [1.29, 1.82) is 0 Å². The number of halogens is 1. The van der Waals surface area contributed by atoms with Gasteiger partial charge in [-0.1, -0.05) is 60.0 Å². The largest absolute Gasteiger partial charge is 0.243 e. The maximum Gasteiger partial charge on any atom is 0.243 e. The van der Waals surface area contributed by atoms with Crippen LogP contribution in [0.5, 0.6) is 0 Å². The monoisotopic (exact) mass is 361 g/mol. The van der Waals surface area contributed by atoms with Crippen molar-refractivity contribution in [2.24, 2.45) is 5.92 Å². The second-order valence-electron chi connectivity index (χ2n) is 6.28. The lowest BCUT2D eigenvalue weighted by atomic mass is 10.0. The first-order chi connectivity index (χ1) is 11.4. The van der Waals surface area contributed by atoms with Crippen LogP contribution in [0.25, 0.3) is 6.08 Å². The summed E-state index contributed by atoms with van der Waals surface area (Å²) in [5.41, 5.74) is 3.20. The molecule has 0 spiro atoms. The van der Waals surface area contributed by atoms with Crippen LogP contribution in [0.3, 0.4) is 0 Å². The Bertz CT molecular complexity index is 855. The van der Waals surface area contributed by atoms with Gasteiger partial charge in [0.25, 0.3) is 0 Å². The number of hydrogen-bond acceptors (Lipinski definition) is 2. The van der Waals surface area contributed by atoms with E-state index < -0.39 is 10.0 Å². The highest BCUT2D eigenvalue weighted by Crippen LogP contribution is 2.29. The van der Waals surface area contributed by atoms with Crippen molar-refractivity contribution in [2.75, 3.05) is 13.1 Å². The van der Waals surface area contributed by atoms with Gasteiger partial charge >= 0.3 is 0 Å². The van der Waals surface area contributed by atoms with Gasteiger partial charge in [-0.05, 0) is 42.7 Å².